The first-order chi connectivity index (χ1) is 6.25. The summed E-state index contributed by atoms with van der Waals surface area (Å²) >= 11 is 1.93. The first kappa shape index (κ1) is 10.5. The average molecular weight is 195 g/mol. The lowest BCUT2D eigenvalue weighted by atomic mass is 10.2. The molecule has 0 atom stereocenters. The molecule has 1 heterocycles. The monoisotopic (exact) mass is 195 g/mol. The Morgan fingerprint density at radius 2 is 2.23 bits per heavy atom. The minimum atomic E-state index is 1.08. The van der Waals surface area contributed by atoms with Crippen molar-refractivity contribution < 1.29 is 0 Å². The number of allylic oxidation sites excluding steroid dienone is 4. The zero-order valence-corrected chi connectivity index (χ0v) is 9.37. The van der Waals surface area contributed by atoms with E-state index in [-0.39, 0.29) is 0 Å². The topological polar surface area (TPSA) is 12.0 Å². The third-order valence-electron chi connectivity index (χ3n) is 1.85. The van der Waals surface area contributed by atoms with Crippen LogP contribution >= 0.6 is 11.8 Å². The van der Waals surface area contributed by atoms with Crippen LogP contribution in [0.15, 0.2) is 34.4 Å². The van der Waals surface area contributed by atoms with Crippen molar-refractivity contribution in [3.8, 4) is 0 Å². The van der Waals surface area contributed by atoms with E-state index in [2.05, 4.69) is 37.4 Å². The molecule has 0 bridgehead atoms. The van der Waals surface area contributed by atoms with E-state index >= 15 is 0 Å². The highest BCUT2D eigenvalue weighted by Gasteiger charge is 2.11. The van der Waals surface area contributed by atoms with Crippen LogP contribution in [0.3, 0.4) is 0 Å². The SMILES string of the molecule is C/C=C\C=C1\SCCNC1=C(C)C. The highest BCUT2D eigenvalue weighted by Crippen LogP contribution is 2.27. The van der Waals surface area contributed by atoms with Crippen molar-refractivity contribution >= 4 is 11.8 Å². The summed E-state index contributed by atoms with van der Waals surface area (Å²) in [6, 6.07) is 0. The lowest BCUT2D eigenvalue weighted by Gasteiger charge is -2.21. The molecule has 1 aliphatic heterocycles. The van der Waals surface area contributed by atoms with Crippen molar-refractivity contribution in [2.45, 2.75) is 20.8 Å². The molecule has 0 radical (unpaired) electrons. The first-order valence-electron chi connectivity index (χ1n) is 4.63. The molecular formula is C11H17NS. The van der Waals surface area contributed by atoms with Crippen LogP contribution in [-0.2, 0) is 0 Å². The van der Waals surface area contributed by atoms with Gasteiger partial charge in [0.1, 0.15) is 0 Å². The van der Waals surface area contributed by atoms with Gasteiger partial charge in [0.25, 0.3) is 0 Å². The summed E-state index contributed by atoms with van der Waals surface area (Å²) in [6.45, 7) is 7.42. The van der Waals surface area contributed by atoms with Crippen molar-refractivity contribution in [2.24, 2.45) is 0 Å². The third kappa shape index (κ3) is 2.96. The van der Waals surface area contributed by atoms with Crippen LogP contribution in [0.4, 0.5) is 0 Å². The Morgan fingerprint density at radius 3 is 2.85 bits per heavy atom. The fourth-order valence-corrected chi connectivity index (χ4v) is 2.25. The molecule has 1 nitrogen and oxygen atoms in total. The lowest BCUT2D eigenvalue weighted by molar-refractivity contribution is 0.855. The Bertz CT molecular complexity index is 257. The van der Waals surface area contributed by atoms with Crippen LogP contribution in [0.25, 0.3) is 0 Å². The van der Waals surface area contributed by atoms with Crippen molar-refractivity contribution in [1.82, 2.24) is 5.32 Å². The molecule has 13 heavy (non-hydrogen) atoms. The summed E-state index contributed by atoms with van der Waals surface area (Å²) in [5, 5.41) is 3.43. The molecule has 1 fully saturated rings. The predicted octanol–water partition coefficient (Wildman–Crippen LogP) is 3.08. The average Bonchev–Trinajstić information content (AvgIpc) is 2.15. The Balaban J connectivity index is 2.86. The van der Waals surface area contributed by atoms with Crippen molar-refractivity contribution in [3.05, 3.63) is 34.4 Å². The van der Waals surface area contributed by atoms with Gasteiger partial charge in [-0.3, -0.25) is 0 Å². The maximum atomic E-state index is 3.43. The largest absolute Gasteiger partial charge is 0.383 e. The fourth-order valence-electron chi connectivity index (χ4n) is 1.23. The van der Waals surface area contributed by atoms with Crippen LogP contribution in [0.2, 0.25) is 0 Å². The van der Waals surface area contributed by atoms with Crippen molar-refractivity contribution in [2.75, 3.05) is 12.3 Å². The summed E-state index contributed by atoms with van der Waals surface area (Å²) in [5.41, 5.74) is 2.68. The molecular weight excluding hydrogens is 178 g/mol. The van der Waals surface area contributed by atoms with Gasteiger partial charge in [0.15, 0.2) is 0 Å². The van der Waals surface area contributed by atoms with E-state index in [9.17, 15) is 0 Å². The van der Waals surface area contributed by atoms with Crippen molar-refractivity contribution in [3.63, 3.8) is 0 Å². The molecule has 1 saturated heterocycles. The normalized spacial score (nSPS) is 20.8. The Labute approximate surface area is 85.0 Å². The van der Waals surface area contributed by atoms with Crippen LogP contribution in [-0.4, -0.2) is 12.3 Å². The molecule has 1 N–H and O–H groups in total. The van der Waals surface area contributed by atoms with Gasteiger partial charge in [-0.15, -0.1) is 11.8 Å². The molecule has 1 rings (SSSR count). The Morgan fingerprint density at radius 1 is 1.46 bits per heavy atom. The Hall–Kier alpha value is -0.630. The number of nitrogens with one attached hydrogen (secondary N) is 1. The quantitative estimate of drug-likeness (QED) is 0.690. The third-order valence-corrected chi connectivity index (χ3v) is 2.91. The molecule has 0 aliphatic carbocycles. The van der Waals surface area contributed by atoms with Crippen LogP contribution in [0.5, 0.6) is 0 Å². The van der Waals surface area contributed by atoms with Crippen molar-refractivity contribution in [1.29, 1.82) is 0 Å². The Kier molecular flexibility index (Phi) is 4.16. The van der Waals surface area contributed by atoms with Crippen LogP contribution in [0.1, 0.15) is 20.8 Å². The highest BCUT2D eigenvalue weighted by atomic mass is 32.2. The van der Waals surface area contributed by atoms with Gasteiger partial charge in [-0.25, -0.2) is 0 Å². The number of hydrogen-bond donors (Lipinski definition) is 1. The fraction of sp³-hybridized carbons (Fsp3) is 0.455. The molecule has 0 unspecified atom stereocenters. The zero-order chi connectivity index (χ0) is 9.68. The maximum Gasteiger partial charge on any atom is 0.0464 e. The summed E-state index contributed by atoms with van der Waals surface area (Å²) in [6.07, 6.45) is 6.34. The highest BCUT2D eigenvalue weighted by molar-refractivity contribution is 8.03. The number of rotatable bonds is 1. The van der Waals surface area contributed by atoms with Gasteiger partial charge in [-0.2, -0.15) is 0 Å². The van der Waals surface area contributed by atoms with Gasteiger partial charge in [0.05, 0.1) is 0 Å². The predicted molar refractivity (Wildman–Crippen MR) is 61.7 cm³/mol. The van der Waals surface area contributed by atoms with Crippen LogP contribution in [0, 0.1) is 0 Å². The van der Waals surface area contributed by atoms with E-state index in [1.165, 1.54) is 21.9 Å². The van der Waals surface area contributed by atoms with Gasteiger partial charge in [-0.1, -0.05) is 17.7 Å². The summed E-state index contributed by atoms with van der Waals surface area (Å²) in [4.78, 5) is 1.37. The second-order valence-electron chi connectivity index (χ2n) is 3.21. The molecule has 2 heteroatoms. The van der Waals surface area contributed by atoms with E-state index in [1.54, 1.807) is 0 Å². The first-order valence-corrected chi connectivity index (χ1v) is 5.61. The van der Waals surface area contributed by atoms with E-state index in [0.29, 0.717) is 0 Å². The molecule has 0 aromatic carbocycles. The van der Waals surface area contributed by atoms with E-state index in [1.807, 2.05) is 18.7 Å². The second kappa shape index (κ2) is 5.18. The number of hydrogen-bond acceptors (Lipinski definition) is 2. The van der Waals surface area contributed by atoms with Gasteiger partial charge in [-0.05, 0) is 26.8 Å². The minimum absolute atomic E-state index is 1.08. The maximum absolute atomic E-state index is 3.43. The summed E-state index contributed by atoms with van der Waals surface area (Å²) < 4.78 is 0. The smallest absolute Gasteiger partial charge is 0.0464 e. The molecule has 0 aromatic rings. The van der Waals surface area contributed by atoms with Gasteiger partial charge >= 0.3 is 0 Å². The van der Waals surface area contributed by atoms with E-state index in [4.69, 9.17) is 0 Å². The van der Waals surface area contributed by atoms with E-state index < -0.39 is 0 Å². The standard InChI is InChI=1S/C11H17NS/c1-4-5-6-10-11(9(2)3)12-7-8-13-10/h4-6,12H,7-8H2,1-3H3/b5-4-,10-6+. The molecule has 0 saturated carbocycles. The molecule has 0 amide bonds. The molecule has 0 aromatic heterocycles. The summed E-state index contributed by atoms with van der Waals surface area (Å²) in [7, 11) is 0. The zero-order valence-electron chi connectivity index (χ0n) is 8.55. The van der Waals surface area contributed by atoms with Gasteiger partial charge < -0.3 is 5.32 Å². The minimum Gasteiger partial charge on any atom is -0.383 e. The molecule has 72 valence electrons. The molecule has 0 spiro atoms. The lowest BCUT2D eigenvalue weighted by Crippen LogP contribution is -2.23. The second-order valence-corrected chi connectivity index (χ2v) is 4.34. The number of thioether (sulfide) groups is 1. The van der Waals surface area contributed by atoms with Gasteiger partial charge in [0, 0.05) is 22.9 Å². The van der Waals surface area contributed by atoms with Gasteiger partial charge in [0.2, 0.25) is 0 Å². The molecule has 1 aliphatic rings. The van der Waals surface area contributed by atoms with E-state index in [0.717, 1.165) is 6.54 Å². The van der Waals surface area contributed by atoms with Crippen LogP contribution < -0.4 is 5.32 Å². The summed E-state index contributed by atoms with van der Waals surface area (Å²) in [5.74, 6) is 1.17.